The number of nitrogens with zero attached hydrogens (tertiary/aromatic N) is 2. The van der Waals surface area contributed by atoms with Gasteiger partial charge in [-0.25, -0.2) is 0 Å². The van der Waals surface area contributed by atoms with Crippen molar-refractivity contribution in [2.24, 2.45) is 13.0 Å². The van der Waals surface area contributed by atoms with Crippen LogP contribution in [0.1, 0.15) is 32.3 Å². The summed E-state index contributed by atoms with van der Waals surface area (Å²) < 4.78 is 1.82. The molecule has 0 aromatic carbocycles. The Morgan fingerprint density at radius 3 is 2.62 bits per heavy atom. The van der Waals surface area contributed by atoms with E-state index >= 15 is 0 Å². The van der Waals surface area contributed by atoms with E-state index in [2.05, 4.69) is 24.3 Å². The number of hydrogen-bond donors (Lipinski definition) is 1. The Balaban J connectivity index is 2.24. The largest absolute Gasteiger partial charge is 0.311 e. The zero-order valence-corrected chi connectivity index (χ0v) is 11.2. The summed E-state index contributed by atoms with van der Waals surface area (Å²) >= 11 is 6.34. The van der Waals surface area contributed by atoms with Crippen molar-refractivity contribution in [3.63, 3.8) is 0 Å². The van der Waals surface area contributed by atoms with E-state index in [1.165, 1.54) is 5.56 Å². The molecular formula is C12H22ClN3. The molecule has 0 bridgehead atoms. The number of nitrogens with one attached hydrogen (secondary N) is 1. The first-order valence-corrected chi connectivity index (χ1v) is 6.43. The molecule has 0 aliphatic heterocycles. The zero-order chi connectivity index (χ0) is 12.0. The van der Waals surface area contributed by atoms with Crippen LogP contribution in [0.15, 0.2) is 12.4 Å². The highest BCUT2D eigenvalue weighted by molar-refractivity contribution is 6.21. The van der Waals surface area contributed by atoms with Gasteiger partial charge in [-0.15, -0.1) is 11.6 Å². The number of aromatic nitrogens is 2. The van der Waals surface area contributed by atoms with E-state index in [1.807, 2.05) is 24.1 Å². The molecule has 0 radical (unpaired) electrons. The van der Waals surface area contributed by atoms with Crippen LogP contribution < -0.4 is 5.32 Å². The second-order valence-electron chi connectivity index (χ2n) is 4.25. The Morgan fingerprint density at radius 1 is 1.44 bits per heavy atom. The normalized spacial score (nSPS) is 13.3. The highest BCUT2D eigenvalue weighted by Gasteiger charge is 2.14. The van der Waals surface area contributed by atoms with E-state index in [-0.39, 0.29) is 5.38 Å². The molecule has 0 fully saturated rings. The summed E-state index contributed by atoms with van der Waals surface area (Å²) in [5, 5.41) is 7.73. The van der Waals surface area contributed by atoms with Gasteiger partial charge in [0.15, 0.2) is 0 Å². The van der Waals surface area contributed by atoms with Crippen LogP contribution in [0.5, 0.6) is 0 Å². The van der Waals surface area contributed by atoms with Crippen molar-refractivity contribution in [1.82, 2.24) is 15.1 Å². The monoisotopic (exact) mass is 243 g/mol. The van der Waals surface area contributed by atoms with Gasteiger partial charge in [0.25, 0.3) is 0 Å². The van der Waals surface area contributed by atoms with Gasteiger partial charge in [0, 0.05) is 37.3 Å². The fourth-order valence-electron chi connectivity index (χ4n) is 1.88. The van der Waals surface area contributed by atoms with Gasteiger partial charge in [-0.2, -0.15) is 5.10 Å². The number of aryl methyl sites for hydroxylation is 1. The Bertz CT molecular complexity index is 294. The van der Waals surface area contributed by atoms with Crippen molar-refractivity contribution in [3.8, 4) is 0 Å². The predicted molar refractivity (Wildman–Crippen MR) is 68.6 cm³/mol. The third-order valence-corrected chi connectivity index (χ3v) is 3.50. The van der Waals surface area contributed by atoms with Crippen molar-refractivity contribution < 1.29 is 0 Å². The van der Waals surface area contributed by atoms with Crippen molar-refractivity contribution in [2.45, 2.75) is 38.6 Å². The van der Waals surface area contributed by atoms with E-state index in [0.717, 1.165) is 25.9 Å². The average Bonchev–Trinajstić information content (AvgIpc) is 2.66. The second kappa shape index (κ2) is 6.92. The summed E-state index contributed by atoms with van der Waals surface area (Å²) in [6.45, 7) is 6.11. The third kappa shape index (κ3) is 4.14. The van der Waals surface area contributed by atoms with Gasteiger partial charge in [0.1, 0.15) is 0 Å². The van der Waals surface area contributed by atoms with Crippen LogP contribution in [-0.4, -0.2) is 21.7 Å². The van der Waals surface area contributed by atoms with Crippen molar-refractivity contribution in [1.29, 1.82) is 0 Å². The fourth-order valence-corrected chi connectivity index (χ4v) is 2.35. The molecule has 1 aromatic heterocycles. The highest BCUT2D eigenvalue weighted by atomic mass is 35.5. The molecule has 4 heteroatoms. The Hall–Kier alpha value is -0.540. The van der Waals surface area contributed by atoms with Crippen LogP contribution in [0.25, 0.3) is 0 Å². The van der Waals surface area contributed by atoms with Crippen LogP contribution in [0.2, 0.25) is 0 Å². The van der Waals surface area contributed by atoms with E-state index in [1.54, 1.807) is 0 Å². The second-order valence-corrected chi connectivity index (χ2v) is 4.81. The van der Waals surface area contributed by atoms with Gasteiger partial charge >= 0.3 is 0 Å². The predicted octanol–water partition coefficient (Wildman–Crippen LogP) is 2.55. The summed E-state index contributed by atoms with van der Waals surface area (Å²) in [4.78, 5) is 0. The van der Waals surface area contributed by atoms with Crippen LogP contribution in [0.3, 0.4) is 0 Å². The summed E-state index contributed by atoms with van der Waals surface area (Å²) in [5.74, 6) is 0.614. The van der Waals surface area contributed by atoms with Crippen LogP contribution in [0.4, 0.5) is 0 Å². The first-order chi connectivity index (χ1) is 7.67. The summed E-state index contributed by atoms with van der Waals surface area (Å²) in [5.41, 5.74) is 1.20. The quantitative estimate of drug-likeness (QED) is 0.746. The maximum Gasteiger partial charge on any atom is 0.0534 e. The summed E-state index contributed by atoms with van der Waals surface area (Å²) in [6, 6.07) is 0. The average molecular weight is 244 g/mol. The lowest BCUT2D eigenvalue weighted by Gasteiger charge is -2.19. The van der Waals surface area contributed by atoms with Gasteiger partial charge in [-0.3, -0.25) is 4.68 Å². The molecule has 1 aromatic rings. The third-order valence-electron chi connectivity index (χ3n) is 2.99. The van der Waals surface area contributed by atoms with E-state index in [9.17, 15) is 0 Å². The minimum absolute atomic E-state index is 0.228. The van der Waals surface area contributed by atoms with Crippen molar-refractivity contribution in [2.75, 3.05) is 6.54 Å². The van der Waals surface area contributed by atoms with E-state index in [4.69, 9.17) is 11.6 Å². The lowest BCUT2D eigenvalue weighted by molar-refractivity contribution is 0.446. The van der Waals surface area contributed by atoms with Crippen LogP contribution in [-0.2, 0) is 13.6 Å². The van der Waals surface area contributed by atoms with Crippen molar-refractivity contribution >= 4 is 11.6 Å². The molecule has 0 spiro atoms. The van der Waals surface area contributed by atoms with Gasteiger partial charge in [0.05, 0.1) is 6.20 Å². The molecule has 0 aliphatic rings. The number of hydrogen-bond acceptors (Lipinski definition) is 2. The molecule has 1 N–H and O–H groups in total. The molecule has 1 unspecified atom stereocenters. The zero-order valence-electron chi connectivity index (χ0n) is 10.4. The van der Waals surface area contributed by atoms with Gasteiger partial charge in [-0.1, -0.05) is 26.7 Å². The maximum absolute atomic E-state index is 6.34. The van der Waals surface area contributed by atoms with Gasteiger partial charge in [0.2, 0.25) is 0 Å². The molecule has 1 heterocycles. The molecule has 0 aliphatic carbocycles. The fraction of sp³-hybridized carbons (Fsp3) is 0.750. The molecule has 16 heavy (non-hydrogen) atoms. The molecular weight excluding hydrogens is 222 g/mol. The molecule has 0 amide bonds. The Labute approximate surface area is 103 Å². The summed E-state index contributed by atoms with van der Waals surface area (Å²) in [7, 11) is 1.93. The number of alkyl halides is 1. The lowest BCUT2D eigenvalue weighted by atomic mass is 9.99. The maximum atomic E-state index is 6.34. The Morgan fingerprint density at radius 2 is 2.12 bits per heavy atom. The molecule has 3 nitrogen and oxygen atoms in total. The molecule has 92 valence electrons. The number of halogens is 1. The highest BCUT2D eigenvalue weighted by Crippen LogP contribution is 2.17. The van der Waals surface area contributed by atoms with E-state index in [0.29, 0.717) is 5.92 Å². The standard InChI is InChI=1S/C12H22ClN3/c1-4-11(5-2)12(13)8-14-6-10-7-15-16(3)9-10/h7,9,11-12,14H,4-6,8H2,1-3H3. The lowest BCUT2D eigenvalue weighted by Crippen LogP contribution is -2.28. The SMILES string of the molecule is CCC(CC)C(Cl)CNCc1cnn(C)c1. The summed E-state index contributed by atoms with van der Waals surface area (Å²) in [6.07, 6.45) is 6.21. The van der Waals surface area contributed by atoms with Crippen LogP contribution >= 0.6 is 11.6 Å². The first-order valence-electron chi connectivity index (χ1n) is 5.99. The van der Waals surface area contributed by atoms with Gasteiger partial charge < -0.3 is 5.32 Å². The Kier molecular flexibility index (Phi) is 5.85. The van der Waals surface area contributed by atoms with Gasteiger partial charge in [-0.05, 0) is 5.92 Å². The van der Waals surface area contributed by atoms with Crippen LogP contribution in [0, 0.1) is 5.92 Å². The topological polar surface area (TPSA) is 29.9 Å². The van der Waals surface area contributed by atoms with E-state index < -0.39 is 0 Å². The molecule has 0 saturated carbocycles. The van der Waals surface area contributed by atoms with Crippen molar-refractivity contribution in [3.05, 3.63) is 18.0 Å². The smallest absolute Gasteiger partial charge is 0.0534 e. The molecule has 0 saturated heterocycles. The number of rotatable bonds is 7. The first kappa shape index (κ1) is 13.5. The minimum Gasteiger partial charge on any atom is -0.311 e. The molecule has 1 rings (SSSR count). The minimum atomic E-state index is 0.228. The molecule has 1 atom stereocenters.